The molecule has 100 valence electrons. The van der Waals surface area contributed by atoms with Crippen molar-refractivity contribution in [3.05, 3.63) is 69.8 Å². The molecule has 0 saturated heterocycles. The van der Waals surface area contributed by atoms with E-state index in [2.05, 4.69) is 11.1 Å². The van der Waals surface area contributed by atoms with Crippen LogP contribution in [-0.2, 0) is 0 Å². The van der Waals surface area contributed by atoms with Crippen molar-refractivity contribution in [2.45, 2.75) is 20.8 Å². The van der Waals surface area contributed by atoms with Crippen LogP contribution in [-0.4, -0.2) is 9.55 Å². The van der Waals surface area contributed by atoms with Crippen molar-refractivity contribution >= 4 is 10.9 Å². The first kappa shape index (κ1) is 12.6. The van der Waals surface area contributed by atoms with E-state index in [1.165, 1.54) is 0 Å². The highest BCUT2D eigenvalue weighted by Gasteiger charge is 2.07. The molecule has 0 unspecified atom stereocenters. The number of nitrogens with zero attached hydrogens (tertiary/aromatic N) is 2. The molecule has 0 bridgehead atoms. The van der Waals surface area contributed by atoms with Crippen LogP contribution in [0.15, 0.2) is 47.5 Å². The van der Waals surface area contributed by atoms with Crippen molar-refractivity contribution in [1.82, 2.24) is 9.55 Å². The Labute approximate surface area is 117 Å². The van der Waals surface area contributed by atoms with Gasteiger partial charge in [-0.1, -0.05) is 18.2 Å². The third kappa shape index (κ3) is 2.01. The monoisotopic (exact) mass is 264 g/mol. The fourth-order valence-corrected chi connectivity index (χ4v) is 2.57. The zero-order valence-corrected chi connectivity index (χ0v) is 11.8. The molecule has 0 radical (unpaired) electrons. The minimum Gasteiger partial charge on any atom is -0.268 e. The van der Waals surface area contributed by atoms with Crippen LogP contribution in [0.25, 0.3) is 16.6 Å². The molecule has 20 heavy (non-hydrogen) atoms. The van der Waals surface area contributed by atoms with E-state index in [4.69, 9.17) is 0 Å². The maximum atomic E-state index is 12.6. The summed E-state index contributed by atoms with van der Waals surface area (Å²) in [5.41, 5.74) is 4.91. The van der Waals surface area contributed by atoms with Gasteiger partial charge in [-0.2, -0.15) is 0 Å². The quantitative estimate of drug-likeness (QED) is 0.676. The van der Waals surface area contributed by atoms with Crippen LogP contribution in [0.4, 0.5) is 0 Å². The molecule has 3 rings (SSSR count). The van der Waals surface area contributed by atoms with E-state index in [0.29, 0.717) is 5.39 Å². The Kier molecular flexibility index (Phi) is 2.90. The number of hydrogen-bond acceptors (Lipinski definition) is 2. The Morgan fingerprint density at radius 2 is 1.70 bits per heavy atom. The molecule has 0 N–H and O–H groups in total. The highest BCUT2D eigenvalue weighted by atomic mass is 16.1. The number of rotatable bonds is 1. The maximum Gasteiger partial charge on any atom is 0.265 e. The minimum atomic E-state index is -0.0244. The van der Waals surface area contributed by atoms with E-state index in [-0.39, 0.29) is 5.56 Å². The van der Waals surface area contributed by atoms with E-state index in [9.17, 15) is 4.79 Å². The van der Waals surface area contributed by atoms with Gasteiger partial charge in [-0.15, -0.1) is 0 Å². The smallest absolute Gasteiger partial charge is 0.265 e. The molecule has 3 aromatic rings. The van der Waals surface area contributed by atoms with Crippen LogP contribution < -0.4 is 5.56 Å². The van der Waals surface area contributed by atoms with Crippen molar-refractivity contribution < 1.29 is 0 Å². The van der Waals surface area contributed by atoms with E-state index >= 15 is 0 Å². The van der Waals surface area contributed by atoms with Gasteiger partial charge in [0.25, 0.3) is 5.56 Å². The lowest BCUT2D eigenvalue weighted by Crippen LogP contribution is -2.19. The van der Waals surface area contributed by atoms with Gasteiger partial charge in [0.05, 0.1) is 16.6 Å². The van der Waals surface area contributed by atoms with Crippen LogP contribution >= 0.6 is 0 Å². The van der Waals surface area contributed by atoms with E-state index < -0.39 is 0 Å². The lowest BCUT2D eigenvalue weighted by atomic mass is 10.1. The number of aryl methyl sites for hydroxylation is 3. The van der Waals surface area contributed by atoms with Crippen molar-refractivity contribution in [3.8, 4) is 5.69 Å². The summed E-state index contributed by atoms with van der Waals surface area (Å²) >= 11 is 0. The molecule has 3 nitrogen and oxygen atoms in total. The molecule has 2 aromatic carbocycles. The molecular weight excluding hydrogens is 248 g/mol. The van der Waals surface area contributed by atoms with Gasteiger partial charge >= 0.3 is 0 Å². The van der Waals surface area contributed by atoms with Gasteiger partial charge in [0.15, 0.2) is 0 Å². The van der Waals surface area contributed by atoms with E-state index in [1.54, 1.807) is 10.9 Å². The Morgan fingerprint density at radius 3 is 2.40 bits per heavy atom. The van der Waals surface area contributed by atoms with Gasteiger partial charge in [0.1, 0.15) is 6.33 Å². The summed E-state index contributed by atoms with van der Waals surface area (Å²) < 4.78 is 1.61. The first-order chi connectivity index (χ1) is 9.56. The number of benzene rings is 2. The third-order valence-electron chi connectivity index (χ3n) is 3.47. The van der Waals surface area contributed by atoms with Gasteiger partial charge in [0, 0.05) is 0 Å². The molecule has 0 fully saturated rings. The summed E-state index contributed by atoms with van der Waals surface area (Å²) in [7, 11) is 0. The Balaban J connectivity index is 2.33. The Morgan fingerprint density at radius 1 is 1.00 bits per heavy atom. The molecule has 0 aliphatic heterocycles. The second-order valence-electron chi connectivity index (χ2n) is 5.24. The van der Waals surface area contributed by atoms with Crippen LogP contribution in [0.2, 0.25) is 0 Å². The van der Waals surface area contributed by atoms with Crippen molar-refractivity contribution in [1.29, 1.82) is 0 Å². The van der Waals surface area contributed by atoms with E-state index in [1.807, 2.05) is 51.1 Å². The SMILES string of the molecule is Cc1cc(C)cc(-n2cnc3c(C)cccc3c2=O)c1. The highest BCUT2D eigenvalue weighted by molar-refractivity contribution is 5.80. The second kappa shape index (κ2) is 4.60. The molecular formula is C17H16N2O. The van der Waals surface area contributed by atoms with Crippen LogP contribution in [0.3, 0.4) is 0 Å². The van der Waals surface area contributed by atoms with Crippen molar-refractivity contribution in [2.24, 2.45) is 0 Å². The molecule has 0 aliphatic rings. The molecule has 1 aromatic heterocycles. The Hall–Kier alpha value is -2.42. The van der Waals surface area contributed by atoms with Gasteiger partial charge < -0.3 is 0 Å². The molecule has 0 spiro atoms. The van der Waals surface area contributed by atoms with Gasteiger partial charge in [0.2, 0.25) is 0 Å². The largest absolute Gasteiger partial charge is 0.268 e. The van der Waals surface area contributed by atoms with Crippen molar-refractivity contribution in [3.63, 3.8) is 0 Å². The first-order valence-corrected chi connectivity index (χ1v) is 6.62. The summed E-state index contributed by atoms with van der Waals surface area (Å²) in [5.74, 6) is 0. The molecule has 0 atom stereocenters. The minimum absolute atomic E-state index is 0.0244. The summed E-state index contributed by atoms with van der Waals surface area (Å²) in [5, 5.41) is 0.659. The van der Waals surface area contributed by atoms with Crippen LogP contribution in [0.1, 0.15) is 16.7 Å². The van der Waals surface area contributed by atoms with Gasteiger partial charge in [-0.3, -0.25) is 9.36 Å². The molecule has 0 amide bonds. The average Bonchev–Trinajstić information content (AvgIpc) is 2.39. The van der Waals surface area contributed by atoms with Crippen molar-refractivity contribution in [2.75, 3.05) is 0 Å². The average molecular weight is 264 g/mol. The molecule has 1 heterocycles. The first-order valence-electron chi connectivity index (χ1n) is 6.62. The normalized spacial score (nSPS) is 10.9. The predicted molar refractivity (Wildman–Crippen MR) is 81.6 cm³/mol. The molecule has 0 saturated carbocycles. The standard InChI is InChI=1S/C17H16N2O/c1-11-7-12(2)9-14(8-11)19-10-18-16-13(3)5-4-6-15(16)17(19)20/h4-10H,1-3H3. The third-order valence-corrected chi connectivity index (χ3v) is 3.47. The summed E-state index contributed by atoms with van der Waals surface area (Å²) in [4.78, 5) is 17.1. The molecule has 0 aliphatic carbocycles. The number of aromatic nitrogens is 2. The zero-order valence-electron chi connectivity index (χ0n) is 11.8. The summed E-state index contributed by atoms with van der Waals surface area (Å²) in [6.07, 6.45) is 1.62. The summed E-state index contributed by atoms with van der Waals surface area (Å²) in [6, 6.07) is 11.8. The van der Waals surface area contributed by atoms with Gasteiger partial charge in [-0.05, 0) is 55.7 Å². The number of fused-ring (bicyclic) bond motifs is 1. The topological polar surface area (TPSA) is 34.9 Å². The predicted octanol–water partition coefficient (Wildman–Crippen LogP) is 3.31. The lowest BCUT2D eigenvalue weighted by molar-refractivity contribution is 0.957. The number of para-hydroxylation sites is 1. The number of hydrogen-bond donors (Lipinski definition) is 0. The fraction of sp³-hybridized carbons (Fsp3) is 0.176. The van der Waals surface area contributed by atoms with Crippen LogP contribution in [0.5, 0.6) is 0 Å². The van der Waals surface area contributed by atoms with Crippen LogP contribution in [0, 0.1) is 20.8 Å². The lowest BCUT2D eigenvalue weighted by Gasteiger charge is -2.09. The fourth-order valence-electron chi connectivity index (χ4n) is 2.57. The van der Waals surface area contributed by atoms with E-state index in [0.717, 1.165) is 27.9 Å². The Bertz CT molecular complexity index is 842. The zero-order chi connectivity index (χ0) is 14.3. The summed E-state index contributed by atoms with van der Waals surface area (Å²) in [6.45, 7) is 6.02. The second-order valence-corrected chi connectivity index (χ2v) is 5.24. The highest BCUT2D eigenvalue weighted by Crippen LogP contribution is 2.15. The maximum absolute atomic E-state index is 12.6. The van der Waals surface area contributed by atoms with Gasteiger partial charge in [-0.25, -0.2) is 4.98 Å². The molecule has 3 heteroatoms.